The molecule has 1 N–H and O–H groups in total. The van der Waals surface area contributed by atoms with Gasteiger partial charge in [0.05, 0.1) is 6.20 Å². The largest absolute Gasteiger partial charge is 0.361 e. The quantitative estimate of drug-likeness (QED) is 0.818. The van der Waals surface area contributed by atoms with Gasteiger partial charge in [-0.25, -0.2) is 9.11 Å². The van der Waals surface area contributed by atoms with E-state index in [0.717, 1.165) is 12.0 Å². The Bertz CT molecular complexity index is 617. The first kappa shape index (κ1) is 15.9. The number of hydrogen-bond acceptors (Lipinski definition) is 5. The molecule has 3 rings (SSSR count). The van der Waals surface area contributed by atoms with Crippen LogP contribution in [0, 0.1) is 6.92 Å². The number of halogens is 1. The lowest BCUT2D eigenvalue weighted by Gasteiger charge is -2.31. The zero-order valence-corrected chi connectivity index (χ0v) is 13.4. The molecule has 2 fully saturated rings. The van der Waals surface area contributed by atoms with Crippen LogP contribution in [0.3, 0.4) is 0 Å². The van der Waals surface area contributed by atoms with E-state index in [1.165, 1.54) is 4.31 Å². The van der Waals surface area contributed by atoms with Gasteiger partial charge in [0, 0.05) is 44.3 Å². The first-order valence-electron chi connectivity index (χ1n) is 7.49. The van der Waals surface area contributed by atoms with Gasteiger partial charge in [0.15, 0.2) is 0 Å². The molecule has 0 spiro atoms. The number of hydrogen-bond donors (Lipinski definition) is 1. The molecule has 0 saturated carbocycles. The lowest BCUT2D eigenvalue weighted by molar-refractivity contribution is 0.232. The van der Waals surface area contributed by atoms with Crippen molar-refractivity contribution >= 4 is 10.2 Å². The van der Waals surface area contributed by atoms with Gasteiger partial charge in [0.1, 0.15) is 11.9 Å². The van der Waals surface area contributed by atoms with Crippen LogP contribution in [0.1, 0.15) is 24.2 Å². The van der Waals surface area contributed by atoms with Crippen molar-refractivity contribution in [3.05, 3.63) is 17.5 Å². The van der Waals surface area contributed by atoms with E-state index in [9.17, 15) is 12.8 Å². The number of likely N-dealkylation sites (tertiary alicyclic amines) is 1. The standard InChI is InChI=1S/C13H21FN4O3S/c1-10-11(6-15-21-10)8-17-9-12(14)5-13(17)7-16-22(19,20)18-3-2-4-18/h6,12-13,16H,2-5,7-9H2,1H3/t12-,13-/m0/s1. The maximum atomic E-state index is 13.7. The summed E-state index contributed by atoms with van der Waals surface area (Å²) in [7, 11) is -3.42. The zero-order valence-electron chi connectivity index (χ0n) is 12.5. The molecule has 2 aliphatic rings. The van der Waals surface area contributed by atoms with E-state index < -0.39 is 16.4 Å². The van der Waals surface area contributed by atoms with Gasteiger partial charge >= 0.3 is 0 Å². The molecule has 0 aromatic carbocycles. The molecule has 2 saturated heterocycles. The van der Waals surface area contributed by atoms with Crippen molar-refractivity contribution < 1.29 is 17.3 Å². The van der Waals surface area contributed by atoms with E-state index in [0.29, 0.717) is 38.4 Å². The molecule has 0 bridgehead atoms. The van der Waals surface area contributed by atoms with Crippen LogP contribution in [0.2, 0.25) is 0 Å². The van der Waals surface area contributed by atoms with E-state index in [1.54, 1.807) is 6.20 Å². The summed E-state index contributed by atoms with van der Waals surface area (Å²) in [6.07, 6.45) is 1.93. The van der Waals surface area contributed by atoms with Crippen LogP contribution in [0.15, 0.2) is 10.7 Å². The summed E-state index contributed by atoms with van der Waals surface area (Å²) in [5, 5.41) is 3.72. The van der Waals surface area contributed by atoms with Crippen molar-refractivity contribution in [2.75, 3.05) is 26.2 Å². The third-order valence-corrected chi connectivity index (χ3v) is 5.93. The molecular formula is C13H21FN4O3S. The van der Waals surface area contributed by atoms with Gasteiger partial charge < -0.3 is 4.52 Å². The molecule has 7 nitrogen and oxygen atoms in total. The first-order chi connectivity index (χ1) is 10.5. The summed E-state index contributed by atoms with van der Waals surface area (Å²) in [6.45, 7) is 3.99. The van der Waals surface area contributed by atoms with E-state index in [-0.39, 0.29) is 12.6 Å². The van der Waals surface area contributed by atoms with Crippen LogP contribution in [0.5, 0.6) is 0 Å². The van der Waals surface area contributed by atoms with Gasteiger partial charge in [0.25, 0.3) is 10.2 Å². The SMILES string of the molecule is Cc1oncc1CN1C[C@@H](F)C[C@H]1CNS(=O)(=O)N1CCC1. The molecule has 124 valence electrons. The maximum Gasteiger partial charge on any atom is 0.279 e. The number of rotatable bonds is 6. The molecule has 1 aromatic rings. The number of alkyl halides is 1. The summed E-state index contributed by atoms with van der Waals surface area (Å²) in [5.41, 5.74) is 0.907. The predicted molar refractivity (Wildman–Crippen MR) is 78.1 cm³/mol. The summed E-state index contributed by atoms with van der Waals surface area (Å²) in [4.78, 5) is 1.95. The smallest absolute Gasteiger partial charge is 0.279 e. The minimum atomic E-state index is -3.42. The fraction of sp³-hybridized carbons (Fsp3) is 0.769. The van der Waals surface area contributed by atoms with E-state index >= 15 is 0 Å². The Balaban J connectivity index is 1.60. The highest BCUT2D eigenvalue weighted by atomic mass is 32.2. The third kappa shape index (κ3) is 3.32. The van der Waals surface area contributed by atoms with Crippen molar-refractivity contribution in [1.29, 1.82) is 0 Å². The fourth-order valence-electron chi connectivity index (χ4n) is 2.84. The van der Waals surface area contributed by atoms with Crippen LogP contribution in [-0.2, 0) is 16.8 Å². The highest BCUT2D eigenvalue weighted by Gasteiger charge is 2.35. The molecular weight excluding hydrogens is 311 g/mol. The summed E-state index contributed by atoms with van der Waals surface area (Å²) < 4.78 is 46.8. The summed E-state index contributed by atoms with van der Waals surface area (Å²) in [6, 6.07) is -0.152. The van der Waals surface area contributed by atoms with Crippen molar-refractivity contribution in [1.82, 2.24) is 19.1 Å². The number of aromatic nitrogens is 1. The summed E-state index contributed by atoms with van der Waals surface area (Å²) >= 11 is 0. The summed E-state index contributed by atoms with van der Waals surface area (Å²) in [5.74, 6) is 0.710. The lowest BCUT2D eigenvalue weighted by Crippen LogP contribution is -2.50. The fourth-order valence-corrected chi connectivity index (χ4v) is 4.16. The molecule has 0 radical (unpaired) electrons. The number of nitrogens with zero attached hydrogens (tertiary/aromatic N) is 3. The monoisotopic (exact) mass is 332 g/mol. The highest BCUT2D eigenvalue weighted by molar-refractivity contribution is 7.87. The Labute approximate surface area is 129 Å². The second-order valence-corrected chi connectivity index (χ2v) is 7.68. The van der Waals surface area contributed by atoms with Crippen molar-refractivity contribution in [2.24, 2.45) is 0 Å². The van der Waals surface area contributed by atoms with Crippen LogP contribution >= 0.6 is 0 Å². The van der Waals surface area contributed by atoms with Crippen molar-refractivity contribution in [3.8, 4) is 0 Å². The predicted octanol–water partition coefficient (Wildman–Crippen LogP) is 0.436. The van der Waals surface area contributed by atoms with Crippen LogP contribution in [-0.4, -0.2) is 61.2 Å². The van der Waals surface area contributed by atoms with Crippen molar-refractivity contribution in [2.45, 2.75) is 38.5 Å². The molecule has 0 amide bonds. The normalized spacial score (nSPS) is 27.2. The minimum absolute atomic E-state index is 0.152. The number of nitrogens with one attached hydrogen (secondary N) is 1. The molecule has 3 heterocycles. The second-order valence-electron chi connectivity index (χ2n) is 5.93. The molecule has 1 aromatic heterocycles. The van der Waals surface area contributed by atoms with Gasteiger partial charge in [0.2, 0.25) is 0 Å². The van der Waals surface area contributed by atoms with Crippen LogP contribution < -0.4 is 4.72 Å². The Morgan fingerprint density at radius 1 is 1.50 bits per heavy atom. The van der Waals surface area contributed by atoms with Gasteiger partial charge in [-0.2, -0.15) is 12.7 Å². The Hall–Kier alpha value is -1.03. The highest BCUT2D eigenvalue weighted by Crippen LogP contribution is 2.23. The van der Waals surface area contributed by atoms with Crippen molar-refractivity contribution in [3.63, 3.8) is 0 Å². The van der Waals surface area contributed by atoms with Crippen LogP contribution in [0.4, 0.5) is 4.39 Å². The average molecular weight is 332 g/mol. The second kappa shape index (κ2) is 6.23. The zero-order chi connectivity index (χ0) is 15.7. The minimum Gasteiger partial charge on any atom is -0.361 e. The Morgan fingerprint density at radius 2 is 2.27 bits per heavy atom. The molecule has 9 heteroatoms. The van der Waals surface area contributed by atoms with E-state index in [2.05, 4.69) is 9.88 Å². The third-order valence-electron chi connectivity index (χ3n) is 4.36. The first-order valence-corrected chi connectivity index (χ1v) is 8.93. The van der Waals surface area contributed by atoms with Crippen LogP contribution in [0.25, 0.3) is 0 Å². The molecule has 0 aliphatic carbocycles. The van der Waals surface area contributed by atoms with E-state index in [1.807, 2.05) is 11.8 Å². The van der Waals surface area contributed by atoms with Gasteiger partial charge in [-0.3, -0.25) is 4.90 Å². The molecule has 2 aliphatic heterocycles. The molecule has 22 heavy (non-hydrogen) atoms. The Morgan fingerprint density at radius 3 is 2.86 bits per heavy atom. The Kier molecular flexibility index (Phi) is 4.49. The molecule has 0 unspecified atom stereocenters. The maximum absolute atomic E-state index is 13.7. The molecule has 2 atom stereocenters. The number of aryl methyl sites for hydroxylation is 1. The van der Waals surface area contributed by atoms with Gasteiger partial charge in [-0.05, 0) is 19.8 Å². The van der Waals surface area contributed by atoms with Gasteiger partial charge in [-0.15, -0.1) is 0 Å². The van der Waals surface area contributed by atoms with E-state index in [4.69, 9.17) is 4.52 Å². The topological polar surface area (TPSA) is 78.7 Å². The lowest BCUT2D eigenvalue weighted by atomic mass is 10.2. The van der Waals surface area contributed by atoms with Gasteiger partial charge in [-0.1, -0.05) is 5.16 Å². The average Bonchev–Trinajstić information content (AvgIpc) is 2.92.